The van der Waals surface area contributed by atoms with Crippen LogP contribution in [-0.2, 0) is 16.1 Å². The predicted molar refractivity (Wildman–Crippen MR) is 146 cm³/mol. The second-order valence-corrected chi connectivity index (χ2v) is 11.3. The van der Waals surface area contributed by atoms with Gasteiger partial charge in [0.15, 0.2) is 10.8 Å². The van der Waals surface area contributed by atoms with Crippen LogP contribution in [0.1, 0.15) is 34.1 Å². The Morgan fingerprint density at radius 1 is 1.24 bits per heavy atom. The number of anilines is 2. The zero-order chi connectivity index (χ0) is 26.5. The summed E-state index contributed by atoms with van der Waals surface area (Å²) < 4.78 is 7.06. The molecule has 4 rings (SSSR count). The summed E-state index contributed by atoms with van der Waals surface area (Å²) in [6, 6.07) is 7.31. The molecule has 1 aromatic carbocycles. The number of benzene rings is 1. The van der Waals surface area contributed by atoms with E-state index in [0.717, 1.165) is 29.1 Å². The van der Waals surface area contributed by atoms with Gasteiger partial charge in [-0.15, -0.1) is 0 Å². The molecular formula is C26H35N7O3S. The zero-order valence-electron chi connectivity index (χ0n) is 22.0. The number of carbonyl (C=O) groups is 2. The Bertz CT molecular complexity index is 1260. The molecule has 2 aromatic heterocycles. The molecule has 0 aliphatic carbocycles. The van der Waals surface area contributed by atoms with E-state index in [9.17, 15) is 9.59 Å². The van der Waals surface area contributed by atoms with Crippen LogP contribution < -0.4 is 20.3 Å². The van der Waals surface area contributed by atoms with E-state index in [1.165, 1.54) is 0 Å². The molecule has 1 saturated heterocycles. The molecule has 1 fully saturated rings. The number of aromatic nitrogens is 4. The maximum absolute atomic E-state index is 12.9. The molecule has 0 radical (unpaired) electrons. The van der Waals surface area contributed by atoms with E-state index in [1.807, 2.05) is 18.2 Å². The maximum atomic E-state index is 12.9. The first-order chi connectivity index (χ1) is 17.7. The average Bonchev–Trinajstić information content (AvgIpc) is 3.45. The molecule has 0 bridgehead atoms. The van der Waals surface area contributed by atoms with E-state index >= 15 is 0 Å². The van der Waals surface area contributed by atoms with Crippen molar-refractivity contribution in [2.24, 2.45) is 11.8 Å². The minimum atomic E-state index is -0.406. The second-order valence-electron chi connectivity index (χ2n) is 9.80. The largest absolute Gasteiger partial charge is 0.497 e. The minimum absolute atomic E-state index is 0.0696. The number of amides is 2. The normalized spacial score (nSPS) is 15.7. The van der Waals surface area contributed by atoms with Gasteiger partial charge in [-0.25, -0.2) is 14.6 Å². The van der Waals surface area contributed by atoms with Crippen molar-refractivity contribution in [1.29, 1.82) is 0 Å². The van der Waals surface area contributed by atoms with E-state index < -0.39 is 5.92 Å². The van der Waals surface area contributed by atoms with Gasteiger partial charge in [-0.1, -0.05) is 45.5 Å². The van der Waals surface area contributed by atoms with Crippen LogP contribution in [0, 0.1) is 11.8 Å². The minimum Gasteiger partial charge on any atom is -0.497 e. The number of nitrogens with one attached hydrogen (secondary N) is 2. The highest BCUT2D eigenvalue weighted by Crippen LogP contribution is 2.29. The fraction of sp³-hybridized carbons (Fsp3) is 0.500. The second kappa shape index (κ2) is 11.8. The molecule has 0 spiro atoms. The van der Waals surface area contributed by atoms with Gasteiger partial charge in [0.2, 0.25) is 11.8 Å². The Kier molecular flexibility index (Phi) is 8.52. The number of rotatable bonds is 11. The van der Waals surface area contributed by atoms with E-state index in [2.05, 4.69) is 43.4 Å². The standard InChI is InChI=1S/C26H35N7O3S/c1-16(2)13-28-23-21-14-29-33(24(21)31-26(30-23)37-17(3)4)10-9-27-25(35)18-11-22(34)32(15-18)19-7-6-8-20(12-19)36-5/h6-8,12,14,16-18H,9-11,13,15H2,1-5H3,(H,27,35)(H,28,30,31). The van der Waals surface area contributed by atoms with Crippen molar-refractivity contribution in [1.82, 2.24) is 25.1 Å². The zero-order valence-corrected chi connectivity index (χ0v) is 22.8. The van der Waals surface area contributed by atoms with Gasteiger partial charge in [-0.3, -0.25) is 9.59 Å². The topological polar surface area (TPSA) is 114 Å². The maximum Gasteiger partial charge on any atom is 0.227 e. The number of fused-ring (bicyclic) bond motifs is 1. The van der Waals surface area contributed by atoms with Crippen molar-refractivity contribution in [2.75, 3.05) is 37.0 Å². The summed E-state index contributed by atoms with van der Waals surface area (Å²) in [6.45, 7) is 10.5. The summed E-state index contributed by atoms with van der Waals surface area (Å²) in [5.41, 5.74) is 1.47. The van der Waals surface area contributed by atoms with Crippen molar-refractivity contribution in [3.05, 3.63) is 30.5 Å². The number of carbonyl (C=O) groups excluding carboxylic acids is 2. The molecule has 0 saturated carbocycles. The third-order valence-corrected chi connectivity index (χ3v) is 6.84. The van der Waals surface area contributed by atoms with E-state index in [1.54, 1.807) is 40.7 Å². The first kappa shape index (κ1) is 26.7. The third-order valence-electron chi connectivity index (χ3n) is 5.98. The highest BCUT2D eigenvalue weighted by Gasteiger charge is 2.35. The lowest BCUT2D eigenvalue weighted by Crippen LogP contribution is -2.35. The fourth-order valence-electron chi connectivity index (χ4n) is 4.14. The molecule has 10 nitrogen and oxygen atoms in total. The smallest absolute Gasteiger partial charge is 0.227 e. The lowest BCUT2D eigenvalue weighted by atomic mass is 10.1. The van der Waals surface area contributed by atoms with Crippen LogP contribution in [0.4, 0.5) is 11.5 Å². The molecule has 11 heteroatoms. The molecule has 2 amide bonds. The number of hydrogen-bond acceptors (Lipinski definition) is 8. The lowest BCUT2D eigenvalue weighted by Gasteiger charge is -2.17. The van der Waals surface area contributed by atoms with Gasteiger partial charge in [0.05, 0.1) is 31.2 Å². The monoisotopic (exact) mass is 525 g/mol. The Morgan fingerprint density at radius 2 is 2.05 bits per heavy atom. The van der Waals surface area contributed by atoms with Crippen LogP contribution in [0.3, 0.4) is 0 Å². The van der Waals surface area contributed by atoms with Crippen LogP contribution in [0.2, 0.25) is 0 Å². The van der Waals surface area contributed by atoms with Gasteiger partial charge in [-0.2, -0.15) is 5.10 Å². The molecule has 1 unspecified atom stereocenters. The van der Waals surface area contributed by atoms with Crippen LogP contribution in [-0.4, -0.2) is 63.6 Å². The fourth-order valence-corrected chi connectivity index (χ4v) is 4.84. The Hall–Kier alpha value is -3.34. The van der Waals surface area contributed by atoms with Crippen molar-refractivity contribution < 1.29 is 14.3 Å². The molecule has 3 aromatic rings. The number of ether oxygens (including phenoxy) is 1. The predicted octanol–water partition coefficient (Wildman–Crippen LogP) is 3.57. The number of thioether (sulfide) groups is 1. The van der Waals surface area contributed by atoms with Gasteiger partial charge in [-0.05, 0) is 18.1 Å². The third kappa shape index (κ3) is 6.51. The SMILES string of the molecule is COc1cccc(N2CC(C(=O)NCCn3ncc4c(NCC(C)C)nc(SC(C)C)nc43)CC2=O)c1. The average molecular weight is 526 g/mol. The van der Waals surface area contributed by atoms with E-state index in [0.29, 0.717) is 41.7 Å². The molecule has 1 atom stereocenters. The molecule has 1 aliphatic heterocycles. The highest BCUT2D eigenvalue weighted by molar-refractivity contribution is 7.99. The Morgan fingerprint density at radius 3 is 2.78 bits per heavy atom. The van der Waals surface area contributed by atoms with Crippen LogP contribution in [0.5, 0.6) is 5.75 Å². The number of methoxy groups -OCH3 is 1. The number of nitrogens with zero attached hydrogens (tertiary/aromatic N) is 5. The molecule has 3 heterocycles. The summed E-state index contributed by atoms with van der Waals surface area (Å²) in [6.07, 6.45) is 1.95. The van der Waals surface area contributed by atoms with E-state index in [-0.39, 0.29) is 18.2 Å². The Balaban J connectivity index is 1.40. The number of hydrogen-bond donors (Lipinski definition) is 2. The van der Waals surface area contributed by atoms with Crippen LogP contribution in [0.25, 0.3) is 11.0 Å². The summed E-state index contributed by atoms with van der Waals surface area (Å²) in [4.78, 5) is 36.6. The summed E-state index contributed by atoms with van der Waals surface area (Å²) >= 11 is 1.60. The van der Waals surface area contributed by atoms with Gasteiger partial charge >= 0.3 is 0 Å². The first-order valence-corrected chi connectivity index (χ1v) is 13.5. The van der Waals surface area contributed by atoms with Gasteiger partial charge in [0.25, 0.3) is 0 Å². The van der Waals surface area contributed by atoms with Crippen molar-refractivity contribution in [2.45, 2.75) is 51.1 Å². The van der Waals surface area contributed by atoms with Crippen LogP contribution in [0.15, 0.2) is 35.6 Å². The highest BCUT2D eigenvalue weighted by atomic mass is 32.2. The molecule has 37 heavy (non-hydrogen) atoms. The van der Waals surface area contributed by atoms with Gasteiger partial charge in [0, 0.05) is 43.1 Å². The van der Waals surface area contributed by atoms with E-state index in [4.69, 9.17) is 14.7 Å². The van der Waals surface area contributed by atoms with Crippen molar-refractivity contribution in [3.63, 3.8) is 0 Å². The van der Waals surface area contributed by atoms with Gasteiger partial charge < -0.3 is 20.3 Å². The molecule has 2 N–H and O–H groups in total. The quantitative estimate of drug-likeness (QED) is 0.288. The van der Waals surface area contributed by atoms with Crippen molar-refractivity contribution in [3.8, 4) is 5.75 Å². The molecule has 1 aliphatic rings. The molecule has 198 valence electrons. The van der Waals surface area contributed by atoms with Crippen molar-refractivity contribution >= 4 is 46.1 Å². The first-order valence-electron chi connectivity index (χ1n) is 12.6. The summed E-state index contributed by atoms with van der Waals surface area (Å²) in [5.74, 6) is 1.31. The molecular weight excluding hydrogens is 490 g/mol. The summed E-state index contributed by atoms with van der Waals surface area (Å²) in [7, 11) is 1.59. The lowest BCUT2D eigenvalue weighted by molar-refractivity contribution is -0.126. The Labute approximate surface area is 221 Å². The van der Waals surface area contributed by atoms with Crippen LogP contribution >= 0.6 is 11.8 Å². The summed E-state index contributed by atoms with van der Waals surface area (Å²) in [5, 5.41) is 12.8. The van der Waals surface area contributed by atoms with Gasteiger partial charge in [0.1, 0.15) is 11.6 Å².